The second kappa shape index (κ2) is 23.1. The van der Waals surface area contributed by atoms with Crippen LogP contribution in [0.5, 0.6) is 0 Å². The predicted octanol–water partition coefficient (Wildman–Crippen LogP) is 3.58. The first-order valence-corrected chi connectivity index (χ1v) is 19.5. The van der Waals surface area contributed by atoms with Crippen molar-refractivity contribution in [2.75, 3.05) is 49.0 Å². The molecule has 0 spiro atoms. The summed E-state index contributed by atoms with van der Waals surface area (Å²) in [5.74, 6) is -2.98. The van der Waals surface area contributed by atoms with E-state index in [2.05, 4.69) is 20.7 Å². The first-order valence-electron chi connectivity index (χ1n) is 19.5. The number of nitrogens with one attached hydrogen (secondary N) is 2. The number of carbonyl (C=O) groups is 5. The minimum atomic E-state index is -1.17. The molecule has 0 aliphatic carbocycles. The number of benzene rings is 1. The van der Waals surface area contributed by atoms with Crippen molar-refractivity contribution in [3.8, 4) is 0 Å². The zero-order chi connectivity index (χ0) is 42.3. The molecule has 1 aromatic rings. The number of carbonyl (C=O) groups excluding carboxylic acids is 5. The normalized spacial score (nSPS) is 19.0. The van der Waals surface area contributed by atoms with Crippen LogP contribution in [0.1, 0.15) is 72.8 Å². The van der Waals surface area contributed by atoms with Gasteiger partial charge in [0.15, 0.2) is 0 Å². The molecule has 4 amide bonds. The van der Waals surface area contributed by atoms with Crippen molar-refractivity contribution in [1.29, 1.82) is 0 Å². The van der Waals surface area contributed by atoms with Gasteiger partial charge < -0.3 is 34.6 Å². The van der Waals surface area contributed by atoms with E-state index >= 15 is 0 Å². The molecule has 1 fully saturated rings. The van der Waals surface area contributed by atoms with Gasteiger partial charge in [0, 0.05) is 39.1 Å². The first-order chi connectivity index (χ1) is 26.5. The number of rotatable bonds is 22. The zero-order valence-electron chi connectivity index (χ0n) is 35.4. The quantitative estimate of drug-likeness (QED) is 0.0765. The molecule has 1 heterocycles. The van der Waals surface area contributed by atoms with Crippen molar-refractivity contribution in [3.05, 3.63) is 46.3 Å². The highest BCUT2D eigenvalue weighted by atomic mass is 16.5. The summed E-state index contributed by atoms with van der Waals surface area (Å²) in [6.07, 6.45) is 0.682. The van der Waals surface area contributed by atoms with Crippen LogP contribution in [-0.2, 0) is 44.6 Å². The maximum atomic E-state index is 14.3. The fourth-order valence-corrected chi connectivity index (χ4v) is 7.92. The molecule has 1 saturated heterocycles. The molecule has 1 aliphatic heterocycles. The second-order valence-electron chi connectivity index (χ2n) is 15.4. The van der Waals surface area contributed by atoms with Gasteiger partial charge in [-0.3, -0.25) is 24.1 Å². The molecule has 0 saturated carbocycles. The Labute approximate surface area is 332 Å². The Morgan fingerprint density at radius 3 is 2.12 bits per heavy atom. The summed E-state index contributed by atoms with van der Waals surface area (Å²) in [5.41, 5.74) is 10.1. The molecule has 56 heavy (non-hydrogen) atoms. The van der Waals surface area contributed by atoms with Crippen molar-refractivity contribution >= 4 is 29.6 Å². The molecule has 314 valence electrons. The Hall–Kier alpha value is -4.24. The molecule has 1 aliphatic rings. The summed E-state index contributed by atoms with van der Waals surface area (Å²) in [5, 5.41) is 9.47. The molecule has 16 heteroatoms. The third-order valence-corrected chi connectivity index (χ3v) is 11.1. The van der Waals surface area contributed by atoms with Crippen LogP contribution in [0.3, 0.4) is 0 Å². The summed E-state index contributed by atoms with van der Waals surface area (Å²) in [6, 6.07) is 4.74. The van der Waals surface area contributed by atoms with Gasteiger partial charge in [0.1, 0.15) is 12.1 Å². The van der Waals surface area contributed by atoms with Gasteiger partial charge in [-0.1, -0.05) is 83.4 Å². The number of hydrogen-bond acceptors (Lipinski definition) is 10. The van der Waals surface area contributed by atoms with Crippen molar-refractivity contribution in [2.45, 2.75) is 122 Å². The Morgan fingerprint density at radius 2 is 1.61 bits per heavy atom. The van der Waals surface area contributed by atoms with E-state index < -0.39 is 72.2 Å². The van der Waals surface area contributed by atoms with E-state index in [0.717, 1.165) is 5.56 Å². The number of likely N-dealkylation sites (tertiary alicyclic amines) is 1. The van der Waals surface area contributed by atoms with Crippen molar-refractivity contribution in [2.24, 2.45) is 22.9 Å². The summed E-state index contributed by atoms with van der Waals surface area (Å²) in [7, 11) is 9.46. The fourth-order valence-electron chi connectivity index (χ4n) is 7.92. The van der Waals surface area contributed by atoms with Crippen LogP contribution in [0.15, 0.2) is 35.4 Å². The number of nitrogens with zero attached hydrogens (tertiary/aromatic N) is 6. The molecule has 3 unspecified atom stereocenters. The third kappa shape index (κ3) is 12.6. The van der Waals surface area contributed by atoms with E-state index in [9.17, 15) is 29.5 Å². The Bertz CT molecular complexity index is 1480. The van der Waals surface area contributed by atoms with Crippen molar-refractivity contribution < 1.29 is 38.2 Å². The van der Waals surface area contributed by atoms with Crippen LogP contribution in [0.2, 0.25) is 0 Å². The number of methoxy groups -OCH3 is 3. The minimum absolute atomic E-state index is 0.0640. The van der Waals surface area contributed by atoms with Crippen LogP contribution in [0, 0.1) is 17.8 Å². The third-order valence-electron chi connectivity index (χ3n) is 11.1. The number of amides is 4. The highest BCUT2D eigenvalue weighted by Gasteiger charge is 2.43. The average Bonchev–Trinajstić information content (AvgIpc) is 3.65. The summed E-state index contributed by atoms with van der Waals surface area (Å²) < 4.78 is 16.9. The average molecular weight is 787 g/mol. The fraction of sp³-hybridized carbons (Fsp3) is 0.725. The van der Waals surface area contributed by atoms with Gasteiger partial charge in [-0.15, -0.1) is 0 Å². The molecule has 0 bridgehead atoms. The Kier molecular flexibility index (Phi) is 19.8. The van der Waals surface area contributed by atoms with Crippen LogP contribution in [0.4, 0.5) is 0 Å². The number of likely N-dealkylation sites (N-methyl/N-ethyl adjacent to an activating group) is 2. The number of azide groups is 1. The van der Waals surface area contributed by atoms with Crippen LogP contribution in [-0.4, -0.2) is 142 Å². The predicted molar refractivity (Wildman–Crippen MR) is 213 cm³/mol. The Morgan fingerprint density at radius 1 is 0.964 bits per heavy atom. The first kappa shape index (κ1) is 47.9. The van der Waals surface area contributed by atoms with Gasteiger partial charge in [0.25, 0.3) is 0 Å². The molecule has 1 aromatic carbocycles. The van der Waals surface area contributed by atoms with Crippen LogP contribution < -0.4 is 10.6 Å². The summed E-state index contributed by atoms with van der Waals surface area (Å²) >= 11 is 0. The van der Waals surface area contributed by atoms with Crippen molar-refractivity contribution in [1.82, 2.24) is 25.3 Å². The van der Waals surface area contributed by atoms with Gasteiger partial charge in [-0.05, 0) is 49.9 Å². The van der Waals surface area contributed by atoms with Gasteiger partial charge in [-0.2, -0.15) is 0 Å². The second-order valence-corrected chi connectivity index (χ2v) is 15.4. The lowest BCUT2D eigenvalue weighted by Gasteiger charge is -2.41. The molecule has 2 N–H and O–H groups in total. The van der Waals surface area contributed by atoms with E-state index in [1.54, 1.807) is 44.8 Å². The van der Waals surface area contributed by atoms with Gasteiger partial charge in [-0.25, -0.2) is 4.79 Å². The molecular weight excluding hydrogens is 720 g/mol. The van der Waals surface area contributed by atoms with E-state index in [1.807, 2.05) is 58.0 Å². The monoisotopic (exact) mass is 787 g/mol. The zero-order valence-corrected chi connectivity index (χ0v) is 35.4. The number of esters is 1. The smallest absolute Gasteiger partial charge is 0.328 e. The van der Waals surface area contributed by atoms with Gasteiger partial charge >= 0.3 is 5.97 Å². The van der Waals surface area contributed by atoms with E-state index in [1.165, 1.54) is 26.2 Å². The van der Waals surface area contributed by atoms with Crippen molar-refractivity contribution in [3.63, 3.8) is 0 Å². The SMILES string of the molecule is CC[C@H](C)[C@@H]([C@@H](CC(=O)N1CCCC1[C@H](OC)[C@@H](C)C(=O)NC(Cc1ccccc1)C(=O)OC)OC)N(C)C(=O)[C@@H](NC(=O)C(C(C)C)N(C)C)[C@H](C)N=[N+]=[N-]. The maximum Gasteiger partial charge on any atom is 0.328 e. The number of hydrogen-bond donors (Lipinski definition) is 2. The lowest BCUT2D eigenvalue weighted by Crippen LogP contribution is -2.60. The molecule has 10 atom stereocenters. The molecule has 0 radical (unpaired) electrons. The lowest BCUT2D eigenvalue weighted by molar-refractivity contribution is -0.148. The van der Waals surface area contributed by atoms with E-state index in [4.69, 9.17) is 14.2 Å². The molecule has 16 nitrogen and oxygen atoms in total. The highest BCUT2D eigenvalue weighted by Crippen LogP contribution is 2.30. The van der Waals surface area contributed by atoms with E-state index in [0.29, 0.717) is 25.8 Å². The largest absolute Gasteiger partial charge is 0.467 e. The van der Waals surface area contributed by atoms with E-state index in [-0.39, 0.29) is 36.5 Å². The van der Waals surface area contributed by atoms with Crippen LogP contribution >= 0.6 is 0 Å². The summed E-state index contributed by atoms with van der Waals surface area (Å²) in [6.45, 7) is 11.5. The standard InChI is InChI=1S/C40H66N8O8/c1-13-25(4)35(47(9)39(52)33(27(6)44-45-41)43-38(51)34(24(2)3)46(7)8)31(54-10)23-32(49)48-21-17-20-30(48)36(55-11)26(5)37(50)42-29(40(53)56-12)22-28-18-15-14-16-19-28/h14-16,18-19,24-27,29-31,33-36H,13,17,20-23H2,1-12H3,(H,42,50)(H,43,51)/t25-,26+,27-,29?,30?,31+,33-,34?,35-,36+/m0/s1. The molecular formula is C40H66N8O8. The highest BCUT2D eigenvalue weighted by molar-refractivity contribution is 5.91. The maximum absolute atomic E-state index is 14.3. The van der Waals surface area contributed by atoms with Gasteiger partial charge in [0.05, 0.1) is 55.8 Å². The topological polar surface area (TPSA) is 196 Å². The van der Waals surface area contributed by atoms with Crippen LogP contribution in [0.25, 0.3) is 10.4 Å². The lowest BCUT2D eigenvalue weighted by atomic mass is 9.89. The number of ether oxygens (including phenoxy) is 3. The van der Waals surface area contributed by atoms with Gasteiger partial charge in [0.2, 0.25) is 23.6 Å². The molecule has 0 aromatic heterocycles. The minimum Gasteiger partial charge on any atom is -0.467 e. The Balaban J connectivity index is 2.34. The summed E-state index contributed by atoms with van der Waals surface area (Å²) in [4.78, 5) is 76.3. The molecule has 2 rings (SSSR count).